The van der Waals surface area contributed by atoms with Gasteiger partial charge in [-0.3, -0.25) is 5.32 Å². The second-order valence-electron chi connectivity index (χ2n) is 6.10. The van der Waals surface area contributed by atoms with Crippen molar-refractivity contribution in [1.29, 1.82) is 0 Å². The predicted molar refractivity (Wildman–Crippen MR) is 107 cm³/mol. The second kappa shape index (κ2) is 8.77. The molecule has 0 bridgehead atoms. The first-order valence-electron chi connectivity index (χ1n) is 8.62. The van der Waals surface area contributed by atoms with Crippen molar-refractivity contribution in [1.82, 2.24) is 4.31 Å². The van der Waals surface area contributed by atoms with Gasteiger partial charge in [0.05, 0.1) is 12.0 Å². The zero-order valence-corrected chi connectivity index (χ0v) is 16.6. The molecule has 0 aliphatic carbocycles. The molecule has 1 atom stereocenters. The van der Waals surface area contributed by atoms with Crippen LogP contribution in [0.1, 0.15) is 17.2 Å². The molecule has 1 unspecified atom stereocenters. The Hall–Kier alpha value is -2.03. The van der Waals surface area contributed by atoms with Gasteiger partial charge in [0.2, 0.25) is 10.0 Å². The standard InChI is InChI=1S/C19H22N2O4S2/c1-25-19(22)20-16-7-9-17(10-8-16)27(23,24)21-12-11-18(26-14-13-21)15-5-3-2-4-6-15/h2-10,18H,11-14H2,1H3,(H,20,22). The number of ether oxygens (including phenoxy) is 1. The third kappa shape index (κ3) is 4.82. The summed E-state index contributed by atoms with van der Waals surface area (Å²) in [6.45, 7) is 0.968. The Kier molecular flexibility index (Phi) is 6.41. The number of nitrogens with one attached hydrogen (secondary N) is 1. The molecular weight excluding hydrogens is 384 g/mol. The number of nitrogens with zero attached hydrogens (tertiary/aromatic N) is 1. The van der Waals surface area contributed by atoms with Crippen molar-refractivity contribution in [2.24, 2.45) is 0 Å². The van der Waals surface area contributed by atoms with Gasteiger partial charge in [-0.25, -0.2) is 13.2 Å². The van der Waals surface area contributed by atoms with Crippen LogP contribution in [-0.4, -0.2) is 44.8 Å². The summed E-state index contributed by atoms with van der Waals surface area (Å²) in [5.74, 6) is 0.751. The summed E-state index contributed by atoms with van der Waals surface area (Å²) in [6, 6.07) is 16.3. The van der Waals surface area contributed by atoms with E-state index in [0.717, 1.165) is 12.2 Å². The van der Waals surface area contributed by atoms with Crippen molar-refractivity contribution in [3.05, 3.63) is 60.2 Å². The molecule has 0 spiro atoms. The van der Waals surface area contributed by atoms with E-state index in [4.69, 9.17) is 0 Å². The number of hydrogen-bond acceptors (Lipinski definition) is 5. The van der Waals surface area contributed by atoms with Crippen LogP contribution in [0, 0.1) is 0 Å². The predicted octanol–water partition coefficient (Wildman–Crippen LogP) is 3.73. The fourth-order valence-corrected chi connectivity index (χ4v) is 5.76. The maximum atomic E-state index is 13.0. The van der Waals surface area contributed by atoms with Gasteiger partial charge in [-0.15, -0.1) is 0 Å². The van der Waals surface area contributed by atoms with Gasteiger partial charge in [-0.1, -0.05) is 30.3 Å². The molecule has 0 radical (unpaired) electrons. The van der Waals surface area contributed by atoms with E-state index >= 15 is 0 Å². The third-order valence-corrected chi connectivity index (χ3v) is 7.64. The number of benzene rings is 2. The van der Waals surface area contributed by atoms with Crippen LogP contribution >= 0.6 is 11.8 Å². The number of rotatable bonds is 4. The van der Waals surface area contributed by atoms with Gasteiger partial charge < -0.3 is 4.74 Å². The number of thioether (sulfide) groups is 1. The fraction of sp³-hybridized carbons (Fsp3) is 0.316. The molecular formula is C19H22N2O4S2. The highest BCUT2D eigenvalue weighted by atomic mass is 32.2. The minimum atomic E-state index is -3.57. The molecule has 1 heterocycles. The van der Waals surface area contributed by atoms with E-state index < -0.39 is 16.1 Å². The second-order valence-corrected chi connectivity index (χ2v) is 9.35. The Morgan fingerprint density at radius 2 is 1.81 bits per heavy atom. The molecule has 144 valence electrons. The molecule has 6 nitrogen and oxygen atoms in total. The van der Waals surface area contributed by atoms with Crippen LogP contribution in [-0.2, 0) is 14.8 Å². The molecule has 1 fully saturated rings. The van der Waals surface area contributed by atoms with Gasteiger partial charge >= 0.3 is 6.09 Å². The van der Waals surface area contributed by atoms with E-state index in [-0.39, 0.29) is 4.90 Å². The first-order valence-corrected chi connectivity index (χ1v) is 11.1. The van der Waals surface area contributed by atoms with E-state index in [1.165, 1.54) is 24.8 Å². The molecule has 2 aromatic carbocycles. The molecule has 1 saturated heterocycles. The van der Waals surface area contributed by atoms with Crippen LogP contribution in [0.2, 0.25) is 0 Å². The van der Waals surface area contributed by atoms with Crippen molar-refractivity contribution in [2.45, 2.75) is 16.6 Å². The Morgan fingerprint density at radius 3 is 2.48 bits per heavy atom. The largest absolute Gasteiger partial charge is 0.453 e. The van der Waals surface area contributed by atoms with E-state index in [9.17, 15) is 13.2 Å². The van der Waals surface area contributed by atoms with Crippen LogP contribution in [0.4, 0.5) is 10.5 Å². The minimum Gasteiger partial charge on any atom is -0.453 e. The number of hydrogen-bond donors (Lipinski definition) is 1. The average Bonchev–Trinajstić information content (AvgIpc) is 2.96. The Labute approximate surface area is 164 Å². The molecule has 2 aromatic rings. The number of anilines is 1. The number of methoxy groups -OCH3 is 1. The average molecular weight is 407 g/mol. The molecule has 0 saturated carbocycles. The Balaban J connectivity index is 1.70. The summed E-state index contributed by atoms with van der Waals surface area (Å²) in [6.07, 6.45) is 0.178. The van der Waals surface area contributed by atoms with Gasteiger partial charge in [0.15, 0.2) is 0 Å². The Bertz CT molecular complexity index is 870. The summed E-state index contributed by atoms with van der Waals surface area (Å²) in [5, 5.41) is 2.81. The van der Waals surface area contributed by atoms with Crippen LogP contribution in [0.15, 0.2) is 59.5 Å². The molecule has 8 heteroatoms. The van der Waals surface area contributed by atoms with Crippen LogP contribution < -0.4 is 5.32 Å². The van der Waals surface area contributed by atoms with Crippen molar-refractivity contribution in [3.63, 3.8) is 0 Å². The lowest BCUT2D eigenvalue weighted by molar-refractivity contribution is 0.187. The number of amides is 1. The number of carbonyl (C=O) groups is 1. The summed E-state index contributed by atoms with van der Waals surface area (Å²) in [7, 11) is -2.29. The zero-order valence-electron chi connectivity index (χ0n) is 15.0. The van der Waals surface area contributed by atoms with E-state index in [1.54, 1.807) is 28.2 Å². The SMILES string of the molecule is COC(=O)Nc1ccc(S(=O)(=O)N2CCSC(c3ccccc3)CC2)cc1. The smallest absolute Gasteiger partial charge is 0.411 e. The first kappa shape index (κ1) is 19.7. The highest BCUT2D eigenvalue weighted by molar-refractivity contribution is 7.99. The zero-order chi connectivity index (χ0) is 19.3. The molecule has 1 aliphatic rings. The highest BCUT2D eigenvalue weighted by Gasteiger charge is 2.28. The van der Waals surface area contributed by atoms with Gasteiger partial charge in [-0.2, -0.15) is 16.1 Å². The normalized spacial score (nSPS) is 18.5. The first-order chi connectivity index (χ1) is 13.0. The third-order valence-electron chi connectivity index (χ3n) is 4.40. The number of sulfonamides is 1. The molecule has 1 amide bonds. The van der Waals surface area contributed by atoms with Gasteiger partial charge in [0, 0.05) is 29.8 Å². The lowest BCUT2D eigenvalue weighted by atomic mass is 10.1. The van der Waals surface area contributed by atoms with Gasteiger partial charge in [0.1, 0.15) is 0 Å². The van der Waals surface area contributed by atoms with E-state index in [2.05, 4.69) is 22.2 Å². The highest BCUT2D eigenvalue weighted by Crippen LogP contribution is 2.35. The maximum absolute atomic E-state index is 13.0. The molecule has 1 aliphatic heterocycles. The summed E-state index contributed by atoms with van der Waals surface area (Å²) in [4.78, 5) is 11.5. The van der Waals surface area contributed by atoms with Crippen molar-refractivity contribution >= 4 is 33.6 Å². The van der Waals surface area contributed by atoms with Crippen molar-refractivity contribution < 1.29 is 17.9 Å². The lowest BCUT2D eigenvalue weighted by Gasteiger charge is -2.20. The van der Waals surface area contributed by atoms with Gasteiger partial charge in [-0.05, 0) is 36.2 Å². The molecule has 0 aromatic heterocycles. The molecule has 3 rings (SSSR count). The van der Waals surface area contributed by atoms with Crippen LogP contribution in [0.25, 0.3) is 0 Å². The van der Waals surface area contributed by atoms with E-state index in [0.29, 0.717) is 24.0 Å². The monoisotopic (exact) mass is 406 g/mol. The van der Waals surface area contributed by atoms with Crippen molar-refractivity contribution in [2.75, 3.05) is 31.3 Å². The topological polar surface area (TPSA) is 75.7 Å². The molecule has 1 N–H and O–H groups in total. The molecule has 27 heavy (non-hydrogen) atoms. The lowest BCUT2D eigenvalue weighted by Crippen LogP contribution is -2.33. The van der Waals surface area contributed by atoms with Crippen molar-refractivity contribution in [3.8, 4) is 0 Å². The minimum absolute atomic E-state index is 0.223. The summed E-state index contributed by atoms with van der Waals surface area (Å²) < 4.78 is 32.0. The Morgan fingerprint density at radius 1 is 1.11 bits per heavy atom. The van der Waals surface area contributed by atoms with E-state index in [1.807, 2.05) is 18.2 Å². The number of carbonyl (C=O) groups excluding carboxylic acids is 1. The summed E-state index contributed by atoms with van der Waals surface area (Å²) in [5.41, 5.74) is 1.72. The quantitative estimate of drug-likeness (QED) is 0.837. The fourth-order valence-electron chi connectivity index (χ4n) is 2.95. The van der Waals surface area contributed by atoms with Gasteiger partial charge in [0.25, 0.3) is 0 Å². The maximum Gasteiger partial charge on any atom is 0.411 e. The van der Waals surface area contributed by atoms with Crippen LogP contribution in [0.5, 0.6) is 0 Å². The summed E-state index contributed by atoms with van der Waals surface area (Å²) >= 11 is 1.80. The van der Waals surface area contributed by atoms with Crippen LogP contribution in [0.3, 0.4) is 0 Å².